The number of carbonyl (C=O) groups is 2. The van der Waals surface area contributed by atoms with E-state index in [-0.39, 0.29) is 5.70 Å². The first kappa shape index (κ1) is 11.9. The van der Waals surface area contributed by atoms with E-state index in [0.717, 1.165) is 4.90 Å². The van der Waals surface area contributed by atoms with Crippen molar-refractivity contribution >= 4 is 39.6 Å². The number of β-lactam (4-membered cyclic amide) rings is 1. The number of fused-ring (bicyclic) bond motifs is 1. The molecule has 0 spiro atoms. The third kappa shape index (κ3) is 1.33. The van der Waals surface area contributed by atoms with Crippen LogP contribution in [0.3, 0.4) is 0 Å². The van der Waals surface area contributed by atoms with Gasteiger partial charge in [0.2, 0.25) is 5.72 Å². The molecule has 1 saturated heterocycles. The molecule has 1 unspecified atom stereocenters. The van der Waals surface area contributed by atoms with Crippen LogP contribution in [0.1, 0.15) is 0 Å². The van der Waals surface area contributed by atoms with E-state index in [2.05, 4.69) is 15.9 Å². The molecule has 0 saturated carbocycles. The maximum Gasteiger partial charge on any atom is 0.353 e. The van der Waals surface area contributed by atoms with Gasteiger partial charge < -0.3 is 9.84 Å². The van der Waals surface area contributed by atoms with Gasteiger partial charge in [0.25, 0.3) is 5.91 Å². The predicted molar refractivity (Wildman–Crippen MR) is 60.6 cm³/mol. The molecule has 2 atom stereocenters. The average molecular weight is 309 g/mol. The molecule has 0 aromatic heterocycles. The molecule has 0 aromatic carbocycles. The highest BCUT2D eigenvalue weighted by molar-refractivity contribution is 9.11. The van der Waals surface area contributed by atoms with E-state index < -0.39 is 23.0 Å². The molecule has 0 bridgehead atoms. The van der Waals surface area contributed by atoms with Crippen molar-refractivity contribution in [2.24, 2.45) is 5.73 Å². The van der Waals surface area contributed by atoms with Gasteiger partial charge in [-0.05, 0) is 0 Å². The Morgan fingerprint density at radius 3 is 2.94 bits per heavy atom. The van der Waals surface area contributed by atoms with Gasteiger partial charge in [0, 0.05) is 17.3 Å². The lowest BCUT2D eigenvalue weighted by atomic mass is 10.0. The molecule has 2 aliphatic heterocycles. The van der Waals surface area contributed by atoms with Gasteiger partial charge in [-0.25, -0.2) is 4.79 Å². The second-order valence-electron chi connectivity index (χ2n) is 3.39. The van der Waals surface area contributed by atoms with Gasteiger partial charge in [-0.15, -0.1) is 11.8 Å². The van der Waals surface area contributed by atoms with E-state index in [9.17, 15) is 9.59 Å². The van der Waals surface area contributed by atoms with Crippen molar-refractivity contribution in [2.45, 2.75) is 11.1 Å². The Balaban J connectivity index is 2.39. The number of nitrogens with zero attached hydrogens (tertiary/aromatic N) is 1. The van der Waals surface area contributed by atoms with Crippen LogP contribution in [0.15, 0.2) is 10.2 Å². The summed E-state index contributed by atoms with van der Waals surface area (Å²) in [6.45, 7) is 0. The molecule has 88 valence electrons. The molecule has 2 heterocycles. The normalized spacial score (nSPS) is 33.6. The summed E-state index contributed by atoms with van der Waals surface area (Å²) >= 11 is 4.51. The zero-order valence-electron chi connectivity index (χ0n) is 8.27. The minimum absolute atomic E-state index is 0.0492. The Morgan fingerprint density at radius 2 is 2.44 bits per heavy atom. The highest BCUT2D eigenvalue weighted by atomic mass is 79.9. The van der Waals surface area contributed by atoms with Crippen LogP contribution in [-0.4, -0.2) is 45.8 Å². The fourth-order valence-electron chi connectivity index (χ4n) is 1.70. The van der Waals surface area contributed by atoms with Gasteiger partial charge in [-0.2, -0.15) is 0 Å². The average Bonchev–Trinajstić information content (AvgIpc) is 2.26. The van der Waals surface area contributed by atoms with Crippen LogP contribution in [0.4, 0.5) is 0 Å². The lowest BCUT2D eigenvalue weighted by Gasteiger charge is -2.53. The second kappa shape index (κ2) is 3.73. The van der Waals surface area contributed by atoms with Crippen molar-refractivity contribution in [1.82, 2.24) is 4.90 Å². The fraction of sp³-hybridized carbons (Fsp3) is 0.500. The van der Waals surface area contributed by atoms with Crippen molar-refractivity contribution < 1.29 is 19.4 Å². The number of halogens is 1. The Hall–Kier alpha value is -0.570. The lowest BCUT2D eigenvalue weighted by Crippen LogP contribution is -2.78. The molecule has 3 N–H and O–H groups in total. The van der Waals surface area contributed by atoms with Crippen LogP contribution in [0.5, 0.6) is 0 Å². The van der Waals surface area contributed by atoms with Crippen LogP contribution in [0.2, 0.25) is 0 Å². The molecule has 0 aliphatic carbocycles. The number of amides is 1. The van der Waals surface area contributed by atoms with Crippen LogP contribution in [-0.2, 0) is 14.3 Å². The van der Waals surface area contributed by atoms with Crippen molar-refractivity contribution in [3.63, 3.8) is 0 Å². The molecular weight excluding hydrogens is 300 g/mol. The topological polar surface area (TPSA) is 92.9 Å². The van der Waals surface area contributed by atoms with Crippen molar-refractivity contribution in [3.05, 3.63) is 10.2 Å². The molecule has 1 fully saturated rings. The van der Waals surface area contributed by atoms with E-state index in [0.29, 0.717) is 10.2 Å². The van der Waals surface area contributed by atoms with E-state index in [1.165, 1.54) is 18.9 Å². The SMILES string of the molecule is COC1(N)C(=O)N2C(C(=O)O)=C(Br)CS[C@H]21. The first-order valence-electron chi connectivity index (χ1n) is 4.34. The summed E-state index contributed by atoms with van der Waals surface area (Å²) in [4.78, 5) is 23.9. The van der Waals surface area contributed by atoms with E-state index in [4.69, 9.17) is 15.6 Å². The third-order valence-corrected chi connectivity index (χ3v) is 4.92. The number of thioether (sulfide) groups is 1. The van der Waals surface area contributed by atoms with E-state index in [1.54, 1.807) is 0 Å². The zero-order chi connectivity index (χ0) is 12.1. The summed E-state index contributed by atoms with van der Waals surface area (Å²) in [6.07, 6.45) is 0. The third-order valence-electron chi connectivity index (χ3n) is 2.56. The van der Waals surface area contributed by atoms with Crippen molar-refractivity contribution in [2.75, 3.05) is 12.9 Å². The van der Waals surface area contributed by atoms with Crippen LogP contribution in [0, 0.1) is 0 Å². The summed E-state index contributed by atoms with van der Waals surface area (Å²) in [6, 6.07) is 0. The Labute approximate surface area is 104 Å². The second-order valence-corrected chi connectivity index (χ2v) is 5.42. The minimum Gasteiger partial charge on any atom is -0.477 e. The Bertz CT molecular complexity index is 413. The number of rotatable bonds is 2. The predicted octanol–water partition coefficient (Wildman–Crippen LogP) is -0.106. The summed E-state index contributed by atoms with van der Waals surface area (Å²) in [5, 5.41) is 8.54. The monoisotopic (exact) mass is 308 g/mol. The van der Waals surface area contributed by atoms with Gasteiger partial charge >= 0.3 is 5.97 Å². The van der Waals surface area contributed by atoms with Gasteiger partial charge in [0.15, 0.2) is 0 Å². The molecule has 8 heteroatoms. The largest absolute Gasteiger partial charge is 0.477 e. The van der Waals surface area contributed by atoms with Crippen molar-refractivity contribution in [1.29, 1.82) is 0 Å². The first-order chi connectivity index (χ1) is 7.43. The maximum absolute atomic E-state index is 11.8. The Kier molecular flexibility index (Phi) is 2.77. The van der Waals surface area contributed by atoms with Crippen LogP contribution >= 0.6 is 27.7 Å². The van der Waals surface area contributed by atoms with Gasteiger partial charge in [0.1, 0.15) is 11.1 Å². The number of aliphatic carboxylic acids is 1. The molecule has 2 rings (SSSR count). The number of hydrogen-bond donors (Lipinski definition) is 2. The van der Waals surface area contributed by atoms with E-state index >= 15 is 0 Å². The molecule has 0 radical (unpaired) electrons. The number of hydrogen-bond acceptors (Lipinski definition) is 5. The fourth-order valence-corrected chi connectivity index (χ4v) is 3.69. The number of carbonyl (C=O) groups excluding carboxylic acids is 1. The van der Waals surface area contributed by atoms with Crippen molar-refractivity contribution in [3.8, 4) is 0 Å². The molecule has 2 aliphatic rings. The maximum atomic E-state index is 11.8. The Morgan fingerprint density at radius 1 is 1.81 bits per heavy atom. The molecular formula is C8H9BrN2O4S. The van der Waals surface area contributed by atoms with Gasteiger partial charge in [-0.3, -0.25) is 15.4 Å². The molecule has 1 amide bonds. The smallest absolute Gasteiger partial charge is 0.353 e. The highest BCUT2D eigenvalue weighted by Crippen LogP contribution is 2.46. The molecule has 16 heavy (non-hydrogen) atoms. The number of carboxylic acids is 1. The highest BCUT2D eigenvalue weighted by Gasteiger charge is 2.63. The van der Waals surface area contributed by atoms with Gasteiger partial charge in [0.05, 0.1) is 0 Å². The van der Waals surface area contributed by atoms with E-state index in [1.807, 2.05) is 0 Å². The zero-order valence-corrected chi connectivity index (χ0v) is 10.7. The first-order valence-corrected chi connectivity index (χ1v) is 6.19. The minimum atomic E-state index is -1.40. The number of carboxylic acid groups (broad SMARTS) is 1. The van der Waals surface area contributed by atoms with Crippen LogP contribution in [0.25, 0.3) is 0 Å². The number of methoxy groups -OCH3 is 1. The number of nitrogens with two attached hydrogens (primary N) is 1. The quantitative estimate of drug-likeness (QED) is 0.546. The summed E-state index contributed by atoms with van der Waals surface area (Å²) in [7, 11) is 1.34. The number of ether oxygens (including phenoxy) is 1. The summed E-state index contributed by atoms with van der Waals surface area (Å²) < 4.78 is 5.43. The summed E-state index contributed by atoms with van der Waals surface area (Å²) in [5.74, 6) is -1.22. The van der Waals surface area contributed by atoms with Gasteiger partial charge in [-0.1, -0.05) is 15.9 Å². The summed E-state index contributed by atoms with van der Waals surface area (Å²) in [5.41, 5.74) is 4.29. The van der Waals surface area contributed by atoms with Crippen LogP contribution < -0.4 is 5.73 Å². The molecule has 0 aromatic rings. The standard InChI is InChI=1S/C8H9BrN2O4S/c1-15-8(10)6(14)11-4(5(12)13)3(9)2-16-7(8)11/h7H,2,10H2,1H3,(H,12,13)/t7-,8?/m0/s1. The lowest BCUT2D eigenvalue weighted by molar-refractivity contribution is -0.182. The molecule has 6 nitrogen and oxygen atoms in total.